The van der Waals surface area contributed by atoms with Crippen LogP contribution in [0.25, 0.3) is 0 Å². The van der Waals surface area contributed by atoms with Gasteiger partial charge in [0.2, 0.25) is 5.88 Å². The number of hydrogen-bond donors (Lipinski definition) is 0. The number of hydrogen-bond acceptors (Lipinski definition) is 2. The summed E-state index contributed by atoms with van der Waals surface area (Å²) in [7, 11) is 0. The Labute approximate surface area is 60.9 Å². The van der Waals surface area contributed by atoms with Crippen molar-refractivity contribution in [2.45, 2.75) is 6.92 Å². The molecule has 0 N–H and O–H groups in total. The summed E-state index contributed by atoms with van der Waals surface area (Å²) in [5.74, 6) is 0.648. The summed E-state index contributed by atoms with van der Waals surface area (Å²) >= 11 is 0. The maximum absolute atomic E-state index is 5.06. The molecule has 0 unspecified atom stereocenters. The van der Waals surface area contributed by atoms with Gasteiger partial charge in [0.1, 0.15) is 0 Å². The standard InChI is InChI=1S/C8H10NO/c1-3-10-8-6-4-5-7(2)9-8/h4-6H,1,3H2,2H3. The quantitative estimate of drug-likeness (QED) is 0.616. The molecule has 0 saturated carbocycles. The SMILES string of the molecule is [CH2]COc1cccc(C)n1. The highest BCUT2D eigenvalue weighted by atomic mass is 16.5. The fourth-order valence-electron chi connectivity index (χ4n) is 0.703. The molecule has 0 aliphatic carbocycles. The Bertz CT molecular complexity index is 210. The summed E-state index contributed by atoms with van der Waals surface area (Å²) in [6.45, 7) is 5.90. The molecule has 0 bridgehead atoms. The van der Waals surface area contributed by atoms with Gasteiger partial charge in [-0.05, 0) is 19.9 Å². The number of pyridine rings is 1. The second-order valence-electron chi connectivity index (χ2n) is 1.97. The van der Waals surface area contributed by atoms with E-state index in [1.807, 2.05) is 25.1 Å². The van der Waals surface area contributed by atoms with Gasteiger partial charge < -0.3 is 4.74 Å². The van der Waals surface area contributed by atoms with Crippen molar-refractivity contribution in [3.8, 4) is 5.88 Å². The number of ether oxygens (including phenoxy) is 1. The first-order valence-corrected chi connectivity index (χ1v) is 3.18. The smallest absolute Gasteiger partial charge is 0.213 e. The van der Waals surface area contributed by atoms with Crippen molar-refractivity contribution in [3.63, 3.8) is 0 Å². The van der Waals surface area contributed by atoms with Crippen LogP contribution in [0.15, 0.2) is 18.2 Å². The minimum absolute atomic E-state index is 0.427. The van der Waals surface area contributed by atoms with Crippen LogP contribution < -0.4 is 4.74 Å². The van der Waals surface area contributed by atoms with Crippen LogP contribution in [0.5, 0.6) is 5.88 Å². The highest BCUT2D eigenvalue weighted by Gasteiger charge is 1.90. The maximum atomic E-state index is 5.06. The molecule has 53 valence electrons. The van der Waals surface area contributed by atoms with Crippen LogP contribution in [-0.2, 0) is 0 Å². The van der Waals surface area contributed by atoms with Crippen LogP contribution >= 0.6 is 0 Å². The largest absolute Gasteiger partial charge is 0.478 e. The first-order chi connectivity index (χ1) is 4.83. The molecule has 0 fully saturated rings. The lowest BCUT2D eigenvalue weighted by Gasteiger charge is -2.00. The van der Waals surface area contributed by atoms with E-state index >= 15 is 0 Å². The number of rotatable bonds is 2. The van der Waals surface area contributed by atoms with Crippen molar-refractivity contribution in [1.29, 1.82) is 0 Å². The average Bonchev–Trinajstić information content (AvgIpc) is 1.88. The van der Waals surface area contributed by atoms with Gasteiger partial charge in [-0.1, -0.05) is 6.07 Å². The Kier molecular flexibility index (Phi) is 2.26. The van der Waals surface area contributed by atoms with Crippen molar-refractivity contribution in [2.24, 2.45) is 0 Å². The molecule has 0 saturated heterocycles. The molecule has 0 aliphatic rings. The van der Waals surface area contributed by atoms with Crippen LogP contribution in [0.3, 0.4) is 0 Å². The number of aryl methyl sites for hydroxylation is 1. The van der Waals surface area contributed by atoms with E-state index in [-0.39, 0.29) is 0 Å². The lowest BCUT2D eigenvalue weighted by Crippen LogP contribution is -1.94. The summed E-state index contributed by atoms with van der Waals surface area (Å²) in [5.41, 5.74) is 0.964. The number of nitrogens with zero attached hydrogens (tertiary/aromatic N) is 1. The third-order valence-corrected chi connectivity index (χ3v) is 1.11. The fraction of sp³-hybridized carbons (Fsp3) is 0.250. The molecule has 0 aromatic carbocycles. The second kappa shape index (κ2) is 3.20. The maximum Gasteiger partial charge on any atom is 0.213 e. The topological polar surface area (TPSA) is 22.1 Å². The van der Waals surface area contributed by atoms with Crippen molar-refractivity contribution in [2.75, 3.05) is 6.61 Å². The van der Waals surface area contributed by atoms with Crippen molar-refractivity contribution in [3.05, 3.63) is 30.8 Å². The lowest BCUT2D eigenvalue weighted by atomic mass is 10.4. The normalized spacial score (nSPS) is 9.40. The molecule has 0 amide bonds. The Morgan fingerprint density at radius 2 is 2.40 bits per heavy atom. The van der Waals surface area contributed by atoms with E-state index in [9.17, 15) is 0 Å². The molecule has 2 heteroatoms. The van der Waals surface area contributed by atoms with E-state index in [1.54, 1.807) is 0 Å². The molecular formula is C8H10NO. The summed E-state index contributed by atoms with van der Waals surface area (Å²) in [4.78, 5) is 4.10. The lowest BCUT2D eigenvalue weighted by molar-refractivity contribution is 0.346. The molecule has 2 nitrogen and oxygen atoms in total. The Morgan fingerprint density at radius 1 is 1.60 bits per heavy atom. The zero-order valence-electron chi connectivity index (χ0n) is 6.00. The van der Waals surface area contributed by atoms with Crippen LogP contribution in [0, 0.1) is 13.8 Å². The zero-order valence-corrected chi connectivity index (χ0v) is 6.00. The molecule has 0 atom stereocenters. The molecule has 1 radical (unpaired) electrons. The van der Waals surface area contributed by atoms with Gasteiger partial charge in [0.05, 0.1) is 6.61 Å². The van der Waals surface area contributed by atoms with E-state index in [1.165, 1.54) is 0 Å². The third kappa shape index (κ3) is 1.72. The molecule has 0 spiro atoms. The minimum atomic E-state index is 0.427. The van der Waals surface area contributed by atoms with E-state index in [0.29, 0.717) is 12.5 Å². The van der Waals surface area contributed by atoms with Crippen LogP contribution in [-0.4, -0.2) is 11.6 Å². The van der Waals surface area contributed by atoms with Gasteiger partial charge in [0, 0.05) is 11.8 Å². The molecule has 1 aromatic heterocycles. The zero-order chi connectivity index (χ0) is 7.40. The van der Waals surface area contributed by atoms with Crippen molar-refractivity contribution < 1.29 is 4.74 Å². The van der Waals surface area contributed by atoms with Gasteiger partial charge in [-0.25, -0.2) is 4.98 Å². The predicted octanol–water partition coefficient (Wildman–Crippen LogP) is 1.60. The second-order valence-corrected chi connectivity index (χ2v) is 1.97. The Balaban J connectivity index is 2.75. The van der Waals surface area contributed by atoms with Gasteiger partial charge in [0.25, 0.3) is 0 Å². The van der Waals surface area contributed by atoms with Gasteiger partial charge in [-0.2, -0.15) is 0 Å². The molecule has 0 aliphatic heterocycles. The van der Waals surface area contributed by atoms with E-state index in [4.69, 9.17) is 4.74 Å². The third-order valence-electron chi connectivity index (χ3n) is 1.11. The monoisotopic (exact) mass is 136 g/mol. The van der Waals surface area contributed by atoms with E-state index in [0.717, 1.165) is 5.69 Å². The predicted molar refractivity (Wildman–Crippen MR) is 39.8 cm³/mol. The molecule has 1 rings (SSSR count). The Hall–Kier alpha value is -1.05. The first-order valence-electron chi connectivity index (χ1n) is 3.18. The first kappa shape index (κ1) is 7.06. The van der Waals surface area contributed by atoms with Gasteiger partial charge in [0.15, 0.2) is 0 Å². The molecule has 1 aromatic rings. The van der Waals surface area contributed by atoms with Crippen LogP contribution in [0.2, 0.25) is 0 Å². The molecule has 1 heterocycles. The van der Waals surface area contributed by atoms with Crippen molar-refractivity contribution >= 4 is 0 Å². The fourth-order valence-corrected chi connectivity index (χ4v) is 0.703. The summed E-state index contributed by atoms with van der Waals surface area (Å²) < 4.78 is 5.06. The van der Waals surface area contributed by atoms with Gasteiger partial charge >= 0.3 is 0 Å². The minimum Gasteiger partial charge on any atom is -0.478 e. The highest BCUT2D eigenvalue weighted by Crippen LogP contribution is 2.05. The van der Waals surface area contributed by atoms with Crippen molar-refractivity contribution in [1.82, 2.24) is 4.98 Å². The van der Waals surface area contributed by atoms with Gasteiger partial charge in [-0.3, -0.25) is 0 Å². The summed E-state index contributed by atoms with van der Waals surface area (Å²) in [6, 6.07) is 5.65. The van der Waals surface area contributed by atoms with E-state index in [2.05, 4.69) is 11.9 Å². The molecular weight excluding hydrogens is 126 g/mol. The number of aromatic nitrogens is 1. The van der Waals surface area contributed by atoms with Gasteiger partial charge in [-0.15, -0.1) is 0 Å². The van der Waals surface area contributed by atoms with Crippen LogP contribution in [0.4, 0.5) is 0 Å². The van der Waals surface area contributed by atoms with E-state index < -0.39 is 0 Å². The van der Waals surface area contributed by atoms with Crippen LogP contribution in [0.1, 0.15) is 5.69 Å². The summed E-state index contributed by atoms with van der Waals surface area (Å²) in [5, 5.41) is 0. The Morgan fingerprint density at radius 3 is 3.00 bits per heavy atom. The highest BCUT2D eigenvalue weighted by molar-refractivity contribution is 5.14. The average molecular weight is 136 g/mol. The molecule has 10 heavy (non-hydrogen) atoms. The summed E-state index contributed by atoms with van der Waals surface area (Å²) in [6.07, 6.45) is 0.